The maximum absolute atomic E-state index is 2.53. The molecule has 0 radical (unpaired) electrons. The topological polar surface area (TPSA) is 14.8 Å². The van der Waals surface area contributed by atoms with Crippen molar-refractivity contribution in [1.82, 2.24) is 13.7 Å². The molecule has 3 aromatic heterocycles. The summed E-state index contributed by atoms with van der Waals surface area (Å²) in [6.07, 6.45) is 0. The van der Waals surface area contributed by atoms with Crippen LogP contribution in [-0.2, 0) is 0 Å². The fraction of sp³-hybridized carbons (Fsp3) is 0. The highest BCUT2D eigenvalue weighted by atomic mass is 32.2. The first-order chi connectivity index (χ1) is 25.8. The van der Waals surface area contributed by atoms with Crippen molar-refractivity contribution in [1.29, 1.82) is 0 Å². The summed E-state index contributed by atoms with van der Waals surface area (Å²) < 4.78 is 7.42. The van der Waals surface area contributed by atoms with Gasteiger partial charge in [-0.25, -0.2) is 0 Å². The number of hydrogen-bond donors (Lipinski definition) is 0. The van der Waals surface area contributed by atoms with Crippen LogP contribution in [0.5, 0.6) is 0 Å². The fourth-order valence-electron chi connectivity index (χ4n) is 8.90. The first kappa shape index (κ1) is 28.2. The largest absolute Gasteiger partial charge is 0.309 e. The van der Waals surface area contributed by atoms with Crippen molar-refractivity contribution >= 4 is 77.2 Å². The van der Waals surface area contributed by atoms with Gasteiger partial charge < -0.3 is 4.57 Å². The van der Waals surface area contributed by atoms with Crippen LogP contribution in [0.2, 0.25) is 0 Å². The molecule has 0 atom stereocenters. The van der Waals surface area contributed by atoms with Crippen LogP contribution in [0.1, 0.15) is 0 Å². The van der Waals surface area contributed by atoms with Gasteiger partial charge in [-0.05, 0) is 76.5 Å². The molecule has 1 aliphatic heterocycles. The van der Waals surface area contributed by atoms with Crippen molar-refractivity contribution in [3.05, 3.63) is 176 Å². The second kappa shape index (κ2) is 10.5. The molecule has 12 rings (SSSR count). The SMILES string of the molecule is c1ccc(-n2c3ccccc3c3c4cccc5c4n(c32)-c2cccc(-c3cccc(-n4c6ccccc6c6c7ccccc7ccc64)c3)c2S5)cc1. The van der Waals surface area contributed by atoms with E-state index >= 15 is 0 Å². The summed E-state index contributed by atoms with van der Waals surface area (Å²) in [6.45, 7) is 0. The van der Waals surface area contributed by atoms with Crippen molar-refractivity contribution in [2.45, 2.75) is 9.79 Å². The van der Waals surface area contributed by atoms with E-state index in [0.29, 0.717) is 0 Å². The third-order valence-electron chi connectivity index (χ3n) is 11.0. The highest BCUT2D eigenvalue weighted by molar-refractivity contribution is 8.00. The van der Waals surface area contributed by atoms with E-state index in [4.69, 9.17) is 0 Å². The lowest BCUT2D eigenvalue weighted by Gasteiger charge is -2.23. The third kappa shape index (κ3) is 3.71. The molecular weight excluding hydrogens is 651 g/mol. The van der Waals surface area contributed by atoms with Gasteiger partial charge in [0.15, 0.2) is 0 Å². The van der Waals surface area contributed by atoms with E-state index in [-0.39, 0.29) is 0 Å². The maximum atomic E-state index is 2.53. The molecule has 0 N–H and O–H groups in total. The monoisotopic (exact) mass is 679 g/mol. The quantitative estimate of drug-likeness (QED) is 0.181. The highest BCUT2D eigenvalue weighted by Crippen LogP contribution is 2.52. The third-order valence-corrected chi connectivity index (χ3v) is 12.2. The summed E-state index contributed by atoms with van der Waals surface area (Å²) in [5.74, 6) is 0. The maximum Gasteiger partial charge on any atom is 0.131 e. The van der Waals surface area contributed by atoms with Crippen molar-refractivity contribution in [2.75, 3.05) is 0 Å². The number of nitrogens with zero attached hydrogens (tertiary/aromatic N) is 3. The van der Waals surface area contributed by atoms with Crippen LogP contribution in [0.25, 0.3) is 93.6 Å². The predicted octanol–water partition coefficient (Wildman–Crippen LogP) is 13.1. The van der Waals surface area contributed by atoms with Crippen molar-refractivity contribution in [3.8, 4) is 28.2 Å². The molecule has 0 saturated carbocycles. The van der Waals surface area contributed by atoms with E-state index in [9.17, 15) is 0 Å². The van der Waals surface area contributed by atoms with Gasteiger partial charge in [0.2, 0.25) is 0 Å². The molecular formula is C48H29N3S. The molecule has 242 valence electrons. The molecule has 0 unspecified atom stereocenters. The van der Waals surface area contributed by atoms with Crippen LogP contribution in [0.15, 0.2) is 186 Å². The second-order valence-electron chi connectivity index (χ2n) is 13.7. The van der Waals surface area contributed by atoms with E-state index < -0.39 is 0 Å². The van der Waals surface area contributed by atoms with Crippen LogP contribution in [0, 0.1) is 0 Å². The number of hydrogen-bond acceptors (Lipinski definition) is 1. The lowest BCUT2D eigenvalue weighted by molar-refractivity contribution is 1.03. The minimum absolute atomic E-state index is 1.16. The summed E-state index contributed by atoms with van der Waals surface area (Å²) in [4.78, 5) is 2.55. The standard InChI is InChI=1S/C48H29N3S/c1-2-15-32(16-3-1)50-40-24-9-7-20-37(40)45-38-22-12-26-43-46(38)51(48(45)50)42-25-11-21-35(47(42)52-43)31-14-10-17-33(29-31)49-39-23-8-6-19-36(39)44-34-18-5-4-13-30(34)27-28-41(44)49/h1-29H. The Morgan fingerprint density at radius 3 is 1.94 bits per heavy atom. The highest BCUT2D eigenvalue weighted by Gasteiger charge is 2.29. The fourth-order valence-corrected chi connectivity index (χ4v) is 10.1. The number of rotatable bonds is 3. The number of aromatic nitrogens is 3. The summed E-state index contributed by atoms with van der Waals surface area (Å²) in [5, 5.41) is 9.00. The van der Waals surface area contributed by atoms with Gasteiger partial charge in [-0.2, -0.15) is 0 Å². The zero-order valence-electron chi connectivity index (χ0n) is 28.0. The van der Waals surface area contributed by atoms with E-state index in [2.05, 4.69) is 190 Å². The lowest BCUT2D eigenvalue weighted by Crippen LogP contribution is -2.06. The van der Waals surface area contributed by atoms with Gasteiger partial charge in [0, 0.05) is 48.1 Å². The number of fused-ring (bicyclic) bond motifs is 12. The van der Waals surface area contributed by atoms with Gasteiger partial charge in [-0.3, -0.25) is 9.13 Å². The van der Waals surface area contributed by atoms with Gasteiger partial charge in [-0.1, -0.05) is 133 Å². The Morgan fingerprint density at radius 1 is 0.404 bits per heavy atom. The summed E-state index contributed by atoms with van der Waals surface area (Å²) in [7, 11) is 0. The smallest absolute Gasteiger partial charge is 0.131 e. The summed E-state index contributed by atoms with van der Waals surface area (Å²) >= 11 is 1.90. The molecule has 52 heavy (non-hydrogen) atoms. The van der Waals surface area contributed by atoms with E-state index in [1.165, 1.54) is 92.0 Å². The molecule has 0 fully saturated rings. The van der Waals surface area contributed by atoms with Crippen LogP contribution in [0.4, 0.5) is 0 Å². The number of para-hydroxylation sites is 4. The predicted molar refractivity (Wildman–Crippen MR) is 219 cm³/mol. The number of benzene rings is 8. The van der Waals surface area contributed by atoms with Gasteiger partial charge >= 0.3 is 0 Å². The van der Waals surface area contributed by atoms with Gasteiger partial charge in [-0.15, -0.1) is 0 Å². The molecule has 4 heterocycles. The van der Waals surface area contributed by atoms with E-state index in [1.807, 2.05) is 11.8 Å². The molecule has 0 saturated heterocycles. The summed E-state index contributed by atoms with van der Waals surface area (Å²) in [5.41, 5.74) is 12.1. The second-order valence-corrected chi connectivity index (χ2v) is 14.8. The lowest BCUT2D eigenvalue weighted by atomic mass is 10.0. The van der Waals surface area contributed by atoms with Crippen LogP contribution >= 0.6 is 11.8 Å². The van der Waals surface area contributed by atoms with Gasteiger partial charge in [0.25, 0.3) is 0 Å². The first-order valence-corrected chi connectivity index (χ1v) is 18.6. The van der Waals surface area contributed by atoms with Crippen molar-refractivity contribution in [3.63, 3.8) is 0 Å². The molecule has 3 nitrogen and oxygen atoms in total. The molecule has 0 amide bonds. The average Bonchev–Trinajstić information content (AvgIpc) is 3.85. The van der Waals surface area contributed by atoms with Crippen molar-refractivity contribution in [2.24, 2.45) is 0 Å². The molecule has 0 spiro atoms. The van der Waals surface area contributed by atoms with Crippen LogP contribution < -0.4 is 0 Å². The summed E-state index contributed by atoms with van der Waals surface area (Å²) in [6, 6.07) is 64.5. The van der Waals surface area contributed by atoms with Gasteiger partial charge in [0.05, 0.1) is 27.8 Å². The Kier molecular flexibility index (Phi) is 5.71. The minimum atomic E-state index is 1.16. The Balaban J connectivity index is 1.12. The first-order valence-electron chi connectivity index (χ1n) is 17.8. The van der Waals surface area contributed by atoms with Gasteiger partial charge in [0.1, 0.15) is 5.65 Å². The zero-order valence-corrected chi connectivity index (χ0v) is 28.8. The molecule has 1 aliphatic rings. The van der Waals surface area contributed by atoms with E-state index in [1.54, 1.807) is 0 Å². The molecule has 11 aromatic rings. The Bertz CT molecular complexity index is 3270. The molecule has 8 aromatic carbocycles. The Hall–Kier alpha value is -6.49. The Morgan fingerprint density at radius 2 is 1.08 bits per heavy atom. The molecule has 0 bridgehead atoms. The zero-order chi connectivity index (χ0) is 33.9. The average molecular weight is 680 g/mol. The molecule has 4 heteroatoms. The normalized spacial score (nSPS) is 12.5. The van der Waals surface area contributed by atoms with E-state index in [0.717, 1.165) is 11.4 Å². The van der Waals surface area contributed by atoms with Crippen LogP contribution in [0.3, 0.4) is 0 Å². The minimum Gasteiger partial charge on any atom is -0.309 e. The van der Waals surface area contributed by atoms with Crippen molar-refractivity contribution < 1.29 is 0 Å². The molecule has 0 aliphatic carbocycles. The van der Waals surface area contributed by atoms with Crippen LogP contribution in [-0.4, -0.2) is 13.7 Å². The Labute approximate surface area is 303 Å².